The summed E-state index contributed by atoms with van der Waals surface area (Å²) >= 11 is 0. The van der Waals surface area contributed by atoms with Crippen LogP contribution in [0.4, 0.5) is 0 Å². The van der Waals surface area contributed by atoms with Crippen molar-refractivity contribution in [2.75, 3.05) is 6.61 Å². The molecule has 11 nitrogen and oxygen atoms in total. The molecule has 0 saturated carbocycles. The van der Waals surface area contributed by atoms with Crippen LogP contribution in [0.15, 0.2) is 30.3 Å². The monoisotopic (exact) mass is 451 g/mol. The molecule has 1 rings (SSSR count). The number of benzene rings is 1. The summed E-state index contributed by atoms with van der Waals surface area (Å²) < 4.78 is 20.3. The zero-order chi connectivity index (χ0) is 24.3. The highest BCUT2D eigenvalue weighted by Gasteiger charge is 2.43. The van der Waals surface area contributed by atoms with Crippen LogP contribution in [-0.2, 0) is 42.9 Å². The van der Waals surface area contributed by atoms with Crippen molar-refractivity contribution in [3.8, 4) is 0 Å². The molecular formula is C21H25NO10. The van der Waals surface area contributed by atoms with Gasteiger partial charge in [-0.3, -0.25) is 24.0 Å². The van der Waals surface area contributed by atoms with Gasteiger partial charge in [0, 0.05) is 33.3 Å². The van der Waals surface area contributed by atoms with Crippen LogP contribution in [0.5, 0.6) is 0 Å². The number of esters is 4. The van der Waals surface area contributed by atoms with Crippen LogP contribution in [0.1, 0.15) is 38.1 Å². The van der Waals surface area contributed by atoms with Crippen molar-refractivity contribution in [2.45, 2.75) is 52.0 Å². The summed E-state index contributed by atoms with van der Waals surface area (Å²) in [6.07, 6.45) is -4.37. The van der Waals surface area contributed by atoms with Crippen LogP contribution in [0, 0.1) is 0 Å². The van der Waals surface area contributed by atoms with Crippen LogP contribution in [-0.4, -0.2) is 67.0 Å². The first-order valence-electron chi connectivity index (χ1n) is 9.51. The third-order valence-corrected chi connectivity index (χ3v) is 3.90. The van der Waals surface area contributed by atoms with E-state index in [4.69, 9.17) is 18.9 Å². The van der Waals surface area contributed by atoms with E-state index >= 15 is 0 Å². The minimum atomic E-state index is -1.61. The van der Waals surface area contributed by atoms with Crippen molar-refractivity contribution >= 4 is 36.1 Å². The Morgan fingerprint density at radius 1 is 0.812 bits per heavy atom. The maximum atomic E-state index is 12.5. The van der Waals surface area contributed by atoms with E-state index in [1.54, 1.807) is 18.2 Å². The predicted molar refractivity (Wildman–Crippen MR) is 107 cm³/mol. The minimum Gasteiger partial charge on any atom is -0.462 e. The summed E-state index contributed by atoms with van der Waals surface area (Å²) in [6.45, 7) is 3.66. The molecule has 0 saturated heterocycles. The number of rotatable bonds is 11. The second-order valence-corrected chi connectivity index (χ2v) is 6.60. The highest BCUT2D eigenvalue weighted by atomic mass is 16.6. The molecule has 32 heavy (non-hydrogen) atoms. The highest BCUT2D eigenvalue weighted by Crippen LogP contribution is 2.18. The molecule has 0 bridgehead atoms. The number of ether oxygens (including phenoxy) is 4. The second-order valence-electron chi connectivity index (χ2n) is 6.60. The van der Waals surface area contributed by atoms with Gasteiger partial charge in [-0.05, 0) is 12.1 Å². The van der Waals surface area contributed by atoms with Gasteiger partial charge in [0.2, 0.25) is 0 Å². The number of nitrogens with one attached hydrogen (secondary N) is 1. The van der Waals surface area contributed by atoms with Crippen LogP contribution >= 0.6 is 0 Å². The van der Waals surface area contributed by atoms with Gasteiger partial charge in [-0.15, -0.1) is 0 Å². The summed E-state index contributed by atoms with van der Waals surface area (Å²) in [6, 6.07) is 6.36. The van der Waals surface area contributed by atoms with Crippen molar-refractivity contribution in [1.29, 1.82) is 0 Å². The van der Waals surface area contributed by atoms with Crippen molar-refractivity contribution in [3.63, 3.8) is 0 Å². The van der Waals surface area contributed by atoms with E-state index in [1.165, 1.54) is 12.1 Å². The molecule has 1 aromatic carbocycles. The minimum absolute atomic E-state index is 0.210. The van der Waals surface area contributed by atoms with Gasteiger partial charge in [-0.1, -0.05) is 18.2 Å². The molecule has 1 N–H and O–H groups in total. The summed E-state index contributed by atoms with van der Waals surface area (Å²) in [4.78, 5) is 70.7. The van der Waals surface area contributed by atoms with Crippen molar-refractivity contribution in [3.05, 3.63) is 35.9 Å². The molecule has 11 heteroatoms. The SMILES string of the molecule is CC(=O)OCC(OC(C)=O)C(OC(C)=O)C(OC(C)=O)C(C=O)NC(=O)c1ccccc1. The summed E-state index contributed by atoms with van der Waals surface area (Å²) in [5.41, 5.74) is 0.210. The molecule has 0 spiro atoms. The first-order chi connectivity index (χ1) is 15.0. The van der Waals surface area contributed by atoms with E-state index in [0.717, 1.165) is 27.7 Å². The molecule has 0 aliphatic carbocycles. The van der Waals surface area contributed by atoms with Crippen molar-refractivity contribution < 1.29 is 47.7 Å². The average Bonchev–Trinajstić information content (AvgIpc) is 2.71. The van der Waals surface area contributed by atoms with E-state index in [2.05, 4.69) is 5.32 Å². The molecule has 0 aliphatic rings. The Morgan fingerprint density at radius 2 is 1.34 bits per heavy atom. The fraction of sp³-hybridized carbons (Fsp3) is 0.429. The third kappa shape index (κ3) is 8.94. The fourth-order valence-electron chi connectivity index (χ4n) is 2.71. The van der Waals surface area contributed by atoms with E-state index in [-0.39, 0.29) is 11.8 Å². The number of carbonyl (C=O) groups is 6. The summed E-state index contributed by atoms with van der Waals surface area (Å²) in [5.74, 6) is -3.97. The Bertz CT molecular complexity index is 838. The van der Waals surface area contributed by atoms with Crippen LogP contribution in [0.3, 0.4) is 0 Å². The molecular weight excluding hydrogens is 426 g/mol. The van der Waals surface area contributed by atoms with Gasteiger partial charge < -0.3 is 29.1 Å². The van der Waals surface area contributed by atoms with Crippen LogP contribution in [0.2, 0.25) is 0 Å². The molecule has 0 radical (unpaired) electrons. The maximum absolute atomic E-state index is 12.5. The second kappa shape index (κ2) is 12.8. The van der Waals surface area contributed by atoms with E-state index in [1.807, 2.05) is 0 Å². The number of hydrogen-bond donors (Lipinski definition) is 1. The zero-order valence-corrected chi connectivity index (χ0v) is 18.1. The van der Waals surface area contributed by atoms with Crippen LogP contribution < -0.4 is 5.32 Å². The molecule has 4 atom stereocenters. The number of carbonyl (C=O) groups excluding carboxylic acids is 6. The van der Waals surface area contributed by atoms with E-state index in [0.29, 0.717) is 0 Å². The summed E-state index contributed by atoms with van der Waals surface area (Å²) in [5, 5.41) is 2.39. The Balaban J connectivity index is 3.34. The zero-order valence-electron chi connectivity index (χ0n) is 18.1. The molecule has 1 aromatic rings. The maximum Gasteiger partial charge on any atom is 0.303 e. The number of amides is 1. The normalized spacial score (nSPS) is 14.0. The summed E-state index contributed by atoms with van der Waals surface area (Å²) in [7, 11) is 0. The van der Waals surface area contributed by atoms with Gasteiger partial charge >= 0.3 is 23.9 Å². The lowest BCUT2D eigenvalue weighted by Crippen LogP contribution is -2.57. The van der Waals surface area contributed by atoms with E-state index in [9.17, 15) is 28.8 Å². The van der Waals surface area contributed by atoms with Crippen LogP contribution in [0.25, 0.3) is 0 Å². The molecule has 4 unspecified atom stereocenters. The Kier molecular flexibility index (Phi) is 10.5. The van der Waals surface area contributed by atoms with Gasteiger partial charge in [-0.2, -0.15) is 0 Å². The van der Waals surface area contributed by atoms with Gasteiger partial charge in [0.1, 0.15) is 18.9 Å². The topological polar surface area (TPSA) is 151 Å². The molecule has 0 fully saturated rings. The third-order valence-electron chi connectivity index (χ3n) is 3.90. The molecule has 174 valence electrons. The molecule has 0 heterocycles. The smallest absolute Gasteiger partial charge is 0.303 e. The molecule has 1 amide bonds. The number of aldehydes is 1. The predicted octanol–water partition coefficient (Wildman–Crippen LogP) is 0.342. The first kappa shape index (κ1) is 26.3. The van der Waals surface area contributed by atoms with Gasteiger partial charge in [0.05, 0.1) is 0 Å². The average molecular weight is 451 g/mol. The number of hydrogen-bond acceptors (Lipinski definition) is 10. The Labute approximate surface area is 184 Å². The molecule has 0 aliphatic heterocycles. The lowest BCUT2D eigenvalue weighted by Gasteiger charge is -2.34. The van der Waals surface area contributed by atoms with Crippen molar-refractivity contribution in [2.24, 2.45) is 0 Å². The van der Waals surface area contributed by atoms with Gasteiger partial charge in [0.15, 0.2) is 18.3 Å². The lowest BCUT2D eigenvalue weighted by atomic mass is 10.0. The largest absolute Gasteiger partial charge is 0.462 e. The van der Waals surface area contributed by atoms with Gasteiger partial charge in [0.25, 0.3) is 5.91 Å². The van der Waals surface area contributed by atoms with E-state index < -0.39 is 60.7 Å². The Hall–Kier alpha value is -3.76. The Morgan fingerprint density at radius 3 is 1.81 bits per heavy atom. The molecule has 0 aromatic heterocycles. The van der Waals surface area contributed by atoms with Gasteiger partial charge in [-0.25, -0.2) is 0 Å². The quantitative estimate of drug-likeness (QED) is 0.283. The van der Waals surface area contributed by atoms with Crippen molar-refractivity contribution in [1.82, 2.24) is 5.32 Å². The standard InChI is InChI=1S/C21H25NO10/c1-12(24)29-11-18(30-13(2)25)20(32-15(4)27)19(31-14(3)26)17(10-23)22-21(28)16-8-6-5-7-9-16/h5-10,17-20H,11H2,1-4H3,(H,22,28). The fourth-order valence-corrected chi connectivity index (χ4v) is 2.71. The highest BCUT2D eigenvalue weighted by molar-refractivity contribution is 5.95. The first-order valence-corrected chi connectivity index (χ1v) is 9.51. The lowest BCUT2D eigenvalue weighted by molar-refractivity contribution is -0.191.